The Morgan fingerprint density at radius 3 is 2.59 bits per heavy atom. The first kappa shape index (κ1) is 11.3. The van der Waals surface area contributed by atoms with Gasteiger partial charge in [0.15, 0.2) is 6.29 Å². The molecule has 0 atom stereocenters. The van der Waals surface area contributed by atoms with Crippen LogP contribution in [0.15, 0.2) is 36.5 Å². The summed E-state index contributed by atoms with van der Waals surface area (Å²) in [5, 5.41) is 0. The maximum atomic E-state index is 12.7. The second kappa shape index (κ2) is 4.74. The van der Waals surface area contributed by atoms with E-state index in [0.29, 0.717) is 11.3 Å². The largest absolute Gasteiger partial charge is 0.496 e. The Hall–Kier alpha value is -2.23. The lowest BCUT2D eigenvalue weighted by atomic mass is 10.0. The van der Waals surface area contributed by atoms with Crippen LogP contribution in [0.4, 0.5) is 4.39 Å². The van der Waals surface area contributed by atoms with Crippen LogP contribution in [0.2, 0.25) is 0 Å². The van der Waals surface area contributed by atoms with E-state index >= 15 is 0 Å². The summed E-state index contributed by atoms with van der Waals surface area (Å²) in [6.07, 6.45) is 2.14. The summed E-state index contributed by atoms with van der Waals surface area (Å²) in [5.41, 5.74) is 1.99. The highest BCUT2D eigenvalue weighted by atomic mass is 19.1. The van der Waals surface area contributed by atoms with Crippen LogP contribution in [0.25, 0.3) is 11.1 Å². The smallest absolute Gasteiger partial charge is 0.212 e. The van der Waals surface area contributed by atoms with Crippen LogP contribution in [0.5, 0.6) is 5.75 Å². The fourth-order valence-corrected chi connectivity index (χ4v) is 1.55. The van der Waals surface area contributed by atoms with Gasteiger partial charge in [-0.1, -0.05) is 6.07 Å². The predicted octanol–water partition coefficient (Wildman–Crippen LogP) is 2.71. The molecule has 1 aromatic heterocycles. The summed E-state index contributed by atoms with van der Waals surface area (Å²) in [5.74, 6) is -0.0170. The van der Waals surface area contributed by atoms with Crippen molar-refractivity contribution in [2.45, 2.75) is 0 Å². The van der Waals surface area contributed by atoms with Gasteiger partial charge in [-0.25, -0.2) is 4.98 Å². The third kappa shape index (κ3) is 2.30. The minimum Gasteiger partial charge on any atom is -0.496 e. The van der Waals surface area contributed by atoms with Gasteiger partial charge in [0.25, 0.3) is 0 Å². The van der Waals surface area contributed by atoms with E-state index < -0.39 is 5.95 Å². The SMILES string of the molecule is COc1ccc(-c2ccc(F)nc2)cc1C=O. The van der Waals surface area contributed by atoms with Crippen LogP contribution >= 0.6 is 0 Å². The highest BCUT2D eigenvalue weighted by molar-refractivity contribution is 5.82. The maximum Gasteiger partial charge on any atom is 0.212 e. The van der Waals surface area contributed by atoms with Crippen LogP contribution in [0.1, 0.15) is 10.4 Å². The van der Waals surface area contributed by atoms with Crippen LogP contribution < -0.4 is 4.74 Å². The third-order valence-electron chi connectivity index (χ3n) is 2.42. The van der Waals surface area contributed by atoms with E-state index in [-0.39, 0.29) is 0 Å². The second-order valence-corrected chi connectivity index (χ2v) is 3.44. The van der Waals surface area contributed by atoms with E-state index in [2.05, 4.69) is 4.98 Å². The van der Waals surface area contributed by atoms with Gasteiger partial charge < -0.3 is 4.74 Å². The van der Waals surface area contributed by atoms with Gasteiger partial charge in [0.2, 0.25) is 5.95 Å². The van der Waals surface area contributed by atoms with E-state index in [1.165, 1.54) is 19.4 Å². The molecular weight excluding hydrogens is 221 g/mol. The molecule has 0 fully saturated rings. The summed E-state index contributed by atoms with van der Waals surface area (Å²) < 4.78 is 17.7. The van der Waals surface area contributed by atoms with Crippen LogP contribution in [0, 0.1) is 5.95 Å². The van der Waals surface area contributed by atoms with Gasteiger partial charge in [0.05, 0.1) is 12.7 Å². The topological polar surface area (TPSA) is 39.2 Å². The average molecular weight is 231 g/mol. The number of aromatic nitrogens is 1. The number of aldehydes is 1. The molecule has 0 saturated carbocycles. The van der Waals surface area contributed by atoms with Gasteiger partial charge in [0.1, 0.15) is 5.75 Å². The van der Waals surface area contributed by atoms with Gasteiger partial charge >= 0.3 is 0 Å². The molecule has 2 rings (SSSR count). The summed E-state index contributed by atoms with van der Waals surface area (Å²) in [4.78, 5) is 14.4. The van der Waals surface area contributed by atoms with E-state index in [4.69, 9.17) is 4.74 Å². The monoisotopic (exact) mass is 231 g/mol. The molecule has 0 aliphatic heterocycles. The lowest BCUT2D eigenvalue weighted by Crippen LogP contribution is -1.91. The fourth-order valence-electron chi connectivity index (χ4n) is 1.55. The number of hydrogen-bond donors (Lipinski definition) is 0. The molecule has 0 radical (unpaired) electrons. The van der Waals surface area contributed by atoms with Gasteiger partial charge in [-0.3, -0.25) is 4.79 Å². The number of nitrogens with zero attached hydrogens (tertiary/aromatic N) is 1. The molecule has 3 nitrogen and oxygen atoms in total. The van der Waals surface area contributed by atoms with Crippen LogP contribution in [0.3, 0.4) is 0 Å². The number of carbonyl (C=O) groups excluding carboxylic acids is 1. The van der Waals surface area contributed by atoms with Gasteiger partial charge in [-0.05, 0) is 29.8 Å². The molecule has 0 unspecified atom stereocenters. The summed E-state index contributed by atoms with van der Waals surface area (Å²) >= 11 is 0. The molecule has 86 valence electrons. The molecule has 4 heteroatoms. The normalized spacial score (nSPS) is 10.0. The lowest BCUT2D eigenvalue weighted by Gasteiger charge is -2.06. The molecule has 2 aromatic rings. The molecule has 0 amide bonds. The molecule has 0 aliphatic rings. The van der Waals surface area contributed by atoms with Crippen molar-refractivity contribution in [3.8, 4) is 16.9 Å². The Morgan fingerprint density at radius 1 is 1.24 bits per heavy atom. The molecule has 0 saturated heterocycles. The third-order valence-corrected chi connectivity index (χ3v) is 2.42. The van der Waals surface area contributed by atoms with Crippen molar-refractivity contribution < 1.29 is 13.9 Å². The van der Waals surface area contributed by atoms with E-state index in [9.17, 15) is 9.18 Å². The minimum atomic E-state index is -0.530. The summed E-state index contributed by atoms with van der Waals surface area (Å²) in [6, 6.07) is 8.06. The number of benzene rings is 1. The lowest BCUT2D eigenvalue weighted by molar-refractivity contribution is 0.112. The first-order valence-corrected chi connectivity index (χ1v) is 4.99. The number of carbonyl (C=O) groups is 1. The molecule has 1 aromatic carbocycles. The Balaban J connectivity index is 2.46. The quantitative estimate of drug-likeness (QED) is 0.602. The van der Waals surface area contributed by atoms with Crippen molar-refractivity contribution >= 4 is 6.29 Å². The number of hydrogen-bond acceptors (Lipinski definition) is 3. The van der Waals surface area contributed by atoms with Gasteiger partial charge in [-0.2, -0.15) is 4.39 Å². The average Bonchev–Trinajstić information content (AvgIpc) is 2.39. The summed E-state index contributed by atoms with van der Waals surface area (Å²) in [7, 11) is 1.50. The highest BCUT2D eigenvalue weighted by Gasteiger charge is 2.05. The minimum absolute atomic E-state index is 0.453. The first-order valence-electron chi connectivity index (χ1n) is 4.99. The van der Waals surface area contributed by atoms with E-state index in [1.54, 1.807) is 24.3 Å². The molecule has 0 aliphatic carbocycles. The Kier molecular flexibility index (Phi) is 3.14. The molecule has 17 heavy (non-hydrogen) atoms. The standard InChI is InChI=1S/C13H10FNO2/c1-17-12-4-2-9(6-11(12)8-16)10-3-5-13(14)15-7-10/h2-8H,1H3. The van der Waals surface area contributed by atoms with Crippen molar-refractivity contribution in [1.82, 2.24) is 4.98 Å². The number of pyridine rings is 1. The Morgan fingerprint density at radius 2 is 2.00 bits per heavy atom. The predicted molar refractivity (Wildman–Crippen MR) is 61.6 cm³/mol. The Bertz CT molecular complexity index is 538. The zero-order valence-corrected chi connectivity index (χ0v) is 9.18. The van der Waals surface area contributed by atoms with Gasteiger partial charge in [0, 0.05) is 11.8 Å². The number of ether oxygens (including phenoxy) is 1. The fraction of sp³-hybridized carbons (Fsp3) is 0.0769. The van der Waals surface area contributed by atoms with Gasteiger partial charge in [-0.15, -0.1) is 0 Å². The number of methoxy groups -OCH3 is 1. The molecular formula is C13H10FNO2. The molecule has 1 heterocycles. The maximum absolute atomic E-state index is 12.7. The molecule has 0 spiro atoms. The zero-order chi connectivity index (χ0) is 12.3. The van der Waals surface area contributed by atoms with E-state index in [1.807, 2.05) is 0 Å². The van der Waals surface area contributed by atoms with Crippen molar-refractivity contribution in [3.63, 3.8) is 0 Å². The van der Waals surface area contributed by atoms with Crippen molar-refractivity contribution in [1.29, 1.82) is 0 Å². The zero-order valence-electron chi connectivity index (χ0n) is 9.18. The first-order chi connectivity index (χ1) is 8.24. The number of rotatable bonds is 3. The highest BCUT2D eigenvalue weighted by Crippen LogP contribution is 2.25. The Labute approximate surface area is 97.9 Å². The summed E-state index contributed by atoms with van der Waals surface area (Å²) in [6.45, 7) is 0. The number of halogens is 1. The van der Waals surface area contributed by atoms with E-state index in [0.717, 1.165) is 17.4 Å². The van der Waals surface area contributed by atoms with Crippen molar-refractivity contribution in [3.05, 3.63) is 48.0 Å². The van der Waals surface area contributed by atoms with Crippen molar-refractivity contribution in [2.24, 2.45) is 0 Å². The van der Waals surface area contributed by atoms with Crippen LogP contribution in [-0.2, 0) is 0 Å². The molecule has 0 bridgehead atoms. The second-order valence-electron chi connectivity index (χ2n) is 3.44. The van der Waals surface area contributed by atoms with Crippen LogP contribution in [-0.4, -0.2) is 18.4 Å². The molecule has 0 N–H and O–H groups in total. The van der Waals surface area contributed by atoms with Crippen molar-refractivity contribution in [2.75, 3.05) is 7.11 Å².